The average Bonchev–Trinajstić information content (AvgIpc) is 3.08. The van der Waals surface area contributed by atoms with Gasteiger partial charge in [-0.15, -0.1) is 0 Å². The maximum absolute atomic E-state index is 12.9. The van der Waals surface area contributed by atoms with Crippen LogP contribution in [0.25, 0.3) is 11.0 Å². The van der Waals surface area contributed by atoms with Gasteiger partial charge >= 0.3 is 5.97 Å². The highest BCUT2D eigenvalue weighted by molar-refractivity contribution is 5.94. The lowest BCUT2D eigenvalue weighted by atomic mass is 9.94. The topological polar surface area (TPSA) is 99.3 Å². The number of anilines is 1. The normalized spacial score (nSPS) is 15.6. The summed E-state index contributed by atoms with van der Waals surface area (Å²) in [5.74, 6) is 0.0373. The number of ether oxygens (including phenoxy) is 1. The molecule has 0 unspecified atom stereocenters. The Bertz CT molecular complexity index is 1180. The number of nitrogens with one attached hydrogen (secondary N) is 1. The maximum Gasteiger partial charge on any atom is 0.338 e. The monoisotopic (exact) mass is 390 g/mol. The van der Waals surface area contributed by atoms with Gasteiger partial charge in [-0.25, -0.2) is 9.78 Å². The number of hydrogen-bond donors (Lipinski definition) is 1. The van der Waals surface area contributed by atoms with E-state index in [1.54, 1.807) is 19.1 Å². The summed E-state index contributed by atoms with van der Waals surface area (Å²) in [5.41, 5.74) is 3.03. The Morgan fingerprint density at radius 3 is 2.90 bits per heavy atom. The fraction of sp³-hybridized carbons (Fsp3) is 0.143. The van der Waals surface area contributed by atoms with Crippen molar-refractivity contribution in [1.82, 2.24) is 9.55 Å². The van der Waals surface area contributed by atoms with Crippen molar-refractivity contribution < 1.29 is 14.5 Å². The molecule has 8 nitrogen and oxygen atoms in total. The number of benzene rings is 2. The number of carbonyl (C=O) groups excluding carboxylic acids is 1. The van der Waals surface area contributed by atoms with Crippen molar-refractivity contribution in [1.29, 1.82) is 0 Å². The quantitative estimate of drug-likeness (QED) is 0.306. The Morgan fingerprint density at radius 2 is 2.14 bits per heavy atom. The van der Waals surface area contributed by atoms with Crippen LogP contribution in [0.15, 0.2) is 72.5 Å². The number of esters is 1. The van der Waals surface area contributed by atoms with Crippen LogP contribution in [-0.4, -0.2) is 27.1 Å². The fourth-order valence-corrected chi connectivity index (χ4v) is 3.56. The second-order valence-corrected chi connectivity index (χ2v) is 6.60. The standard InChI is InChI=1S/C21H18N4O4/c1-3-11-29-20(26)18-13(2)22-21-23-16-9-4-5-10-17(16)24(21)19(18)14-7-6-8-15(12-14)25(27)28/h3-10,12,19H,1,11H2,2H3,(H,22,23)/t19-/m0/s1. The van der Waals surface area contributed by atoms with E-state index in [0.717, 1.165) is 11.0 Å². The van der Waals surface area contributed by atoms with Crippen molar-refractivity contribution in [2.24, 2.45) is 0 Å². The van der Waals surface area contributed by atoms with E-state index in [4.69, 9.17) is 4.74 Å². The van der Waals surface area contributed by atoms with Crippen LogP contribution in [0.1, 0.15) is 18.5 Å². The van der Waals surface area contributed by atoms with Gasteiger partial charge in [-0.1, -0.05) is 36.9 Å². The summed E-state index contributed by atoms with van der Waals surface area (Å²) < 4.78 is 7.18. The van der Waals surface area contributed by atoms with Crippen LogP contribution in [0.4, 0.5) is 11.6 Å². The highest BCUT2D eigenvalue weighted by atomic mass is 16.6. The minimum absolute atomic E-state index is 0.0523. The molecule has 2 heterocycles. The zero-order chi connectivity index (χ0) is 20.5. The van der Waals surface area contributed by atoms with Gasteiger partial charge in [0.1, 0.15) is 6.61 Å². The van der Waals surface area contributed by atoms with E-state index < -0.39 is 16.9 Å². The molecule has 1 N–H and O–H groups in total. The molecule has 1 atom stereocenters. The van der Waals surface area contributed by atoms with Gasteiger partial charge in [-0.2, -0.15) is 0 Å². The number of para-hydroxylation sites is 2. The molecule has 29 heavy (non-hydrogen) atoms. The zero-order valence-corrected chi connectivity index (χ0v) is 15.7. The molecule has 4 rings (SSSR count). The SMILES string of the molecule is C=CCOC(=O)C1=C(C)Nc2nc3ccccc3n2[C@H]1c1cccc([N+](=O)[O-])c1. The molecule has 0 saturated carbocycles. The lowest BCUT2D eigenvalue weighted by Crippen LogP contribution is -2.29. The molecule has 146 valence electrons. The molecule has 0 radical (unpaired) electrons. The maximum atomic E-state index is 12.9. The molecule has 1 aromatic heterocycles. The third-order valence-corrected chi connectivity index (χ3v) is 4.78. The highest BCUT2D eigenvalue weighted by Gasteiger charge is 2.35. The molecule has 0 saturated heterocycles. The number of rotatable bonds is 5. The van der Waals surface area contributed by atoms with E-state index in [1.165, 1.54) is 18.2 Å². The van der Waals surface area contributed by atoms with Crippen molar-refractivity contribution in [3.8, 4) is 0 Å². The highest BCUT2D eigenvalue weighted by Crippen LogP contribution is 2.40. The molecule has 0 fully saturated rings. The Morgan fingerprint density at radius 1 is 1.34 bits per heavy atom. The number of non-ortho nitro benzene ring substituents is 1. The van der Waals surface area contributed by atoms with Crippen LogP contribution in [0.5, 0.6) is 0 Å². The van der Waals surface area contributed by atoms with Crippen molar-refractivity contribution in [2.45, 2.75) is 13.0 Å². The lowest BCUT2D eigenvalue weighted by molar-refractivity contribution is -0.384. The molecule has 1 aliphatic rings. The lowest BCUT2D eigenvalue weighted by Gasteiger charge is -2.30. The first-order valence-electron chi connectivity index (χ1n) is 8.98. The van der Waals surface area contributed by atoms with Crippen LogP contribution in [0.2, 0.25) is 0 Å². The molecule has 0 spiro atoms. The fourth-order valence-electron chi connectivity index (χ4n) is 3.56. The van der Waals surface area contributed by atoms with Crippen molar-refractivity contribution in [3.63, 3.8) is 0 Å². The number of carbonyl (C=O) groups is 1. The summed E-state index contributed by atoms with van der Waals surface area (Å²) in [7, 11) is 0. The number of allylic oxidation sites excluding steroid dienone is 1. The van der Waals surface area contributed by atoms with Gasteiger partial charge in [0.15, 0.2) is 0 Å². The number of nitro groups is 1. The number of fused-ring (bicyclic) bond motifs is 3. The van der Waals surface area contributed by atoms with Crippen molar-refractivity contribution >= 4 is 28.6 Å². The van der Waals surface area contributed by atoms with E-state index in [0.29, 0.717) is 22.8 Å². The van der Waals surface area contributed by atoms with Crippen LogP contribution in [0.3, 0.4) is 0 Å². The Balaban J connectivity index is 1.96. The van der Waals surface area contributed by atoms with E-state index in [1.807, 2.05) is 28.8 Å². The molecular weight excluding hydrogens is 372 g/mol. The average molecular weight is 390 g/mol. The van der Waals surface area contributed by atoms with Gasteiger partial charge in [0.2, 0.25) is 5.95 Å². The van der Waals surface area contributed by atoms with E-state index in [9.17, 15) is 14.9 Å². The van der Waals surface area contributed by atoms with Crippen LogP contribution in [-0.2, 0) is 9.53 Å². The molecule has 1 aliphatic heterocycles. The molecule has 0 aliphatic carbocycles. The van der Waals surface area contributed by atoms with Crippen LogP contribution < -0.4 is 5.32 Å². The first-order valence-corrected chi connectivity index (χ1v) is 8.98. The number of aromatic nitrogens is 2. The van der Waals surface area contributed by atoms with E-state index in [2.05, 4.69) is 16.9 Å². The second kappa shape index (κ2) is 7.23. The van der Waals surface area contributed by atoms with Gasteiger partial charge in [-0.3, -0.25) is 14.7 Å². The minimum Gasteiger partial charge on any atom is -0.458 e. The van der Waals surface area contributed by atoms with Gasteiger partial charge in [0, 0.05) is 17.8 Å². The predicted molar refractivity (Wildman–Crippen MR) is 108 cm³/mol. The van der Waals surface area contributed by atoms with Crippen molar-refractivity contribution in [3.05, 3.63) is 88.1 Å². The Hall–Kier alpha value is -3.94. The first-order chi connectivity index (χ1) is 14.0. The first kappa shape index (κ1) is 18.4. The zero-order valence-electron chi connectivity index (χ0n) is 15.7. The van der Waals surface area contributed by atoms with E-state index >= 15 is 0 Å². The van der Waals surface area contributed by atoms with Crippen LogP contribution in [0, 0.1) is 10.1 Å². The minimum atomic E-state index is -0.629. The van der Waals surface area contributed by atoms with Gasteiger partial charge in [0.25, 0.3) is 5.69 Å². The van der Waals surface area contributed by atoms with Gasteiger partial charge in [0.05, 0.1) is 27.6 Å². The molecule has 0 bridgehead atoms. The summed E-state index contributed by atoms with van der Waals surface area (Å²) in [6.07, 6.45) is 1.49. The van der Waals surface area contributed by atoms with Crippen molar-refractivity contribution in [2.75, 3.05) is 11.9 Å². The van der Waals surface area contributed by atoms with Gasteiger partial charge < -0.3 is 10.1 Å². The number of nitrogens with zero attached hydrogens (tertiary/aromatic N) is 3. The number of nitro benzene ring substituents is 1. The Kier molecular flexibility index (Phi) is 4.59. The number of imidazole rings is 1. The molecule has 3 aromatic rings. The second-order valence-electron chi connectivity index (χ2n) is 6.60. The smallest absolute Gasteiger partial charge is 0.338 e. The summed E-state index contributed by atoms with van der Waals surface area (Å²) in [6, 6.07) is 13.2. The largest absolute Gasteiger partial charge is 0.458 e. The summed E-state index contributed by atoms with van der Waals surface area (Å²) in [4.78, 5) is 28.4. The van der Waals surface area contributed by atoms with Crippen LogP contribution >= 0.6 is 0 Å². The summed E-state index contributed by atoms with van der Waals surface area (Å²) in [6.45, 7) is 5.40. The van der Waals surface area contributed by atoms with E-state index in [-0.39, 0.29) is 12.3 Å². The molecular formula is C21H18N4O4. The van der Waals surface area contributed by atoms with Gasteiger partial charge in [-0.05, 0) is 24.6 Å². The third-order valence-electron chi connectivity index (χ3n) is 4.78. The summed E-state index contributed by atoms with van der Waals surface area (Å²) >= 11 is 0. The predicted octanol–water partition coefficient (Wildman–Crippen LogP) is 3.96. The molecule has 2 aromatic carbocycles. The molecule has 8 heteroatoms. The third kappa shape index (κ3) is 3.14. The summed E-state index contributed by atoms with van der Waals surface area (Å²) in [5, 5.41) is 14.5. The Labute approximate surface area is 166 Å². The molecule has 0 amide bonds. The number of hydrogen-bond acceptors (Lipinski definition) is 6.